The average Bonchev–Trinajstić information content (AvgIpc) is 2.36. The van der Waals surface area contributed by atoms with Crippen molar-refractivity contribution in [2.45, 2.75) is 26.2 Å². The van der Waals surface area contributed by atoms with Crippen molar-refractivity contribution >= 4 is 5.69 Å². The van der Waals surface area contributed by atoms with Gasteiger partial charge in [-0.3, -0.25) is 0 Å². The van der Waals surface area contributed by atoms with Crippen molar-refractivity contribution in [2.24, 2.45) is 0 Å². The maximum atomic E-state index is 13.4. The highest BCUT2D eigenvalue weighted by molar-refractivity contribution is 5.63. The lowest BCUT2D eigenvalue weighted by molar-refractivity contribution is 0.581. The molecule has 1 aliphatic rings. The lowest BCUT2D eigenvalue weighted by Crippen LogP contribution is -2.19. The Morgan fingerprint density at radius 2 is 2.08 bits per heavy atom. The van der Waals surface area contributed by atoms with E-state index >= 15 is 0 Å². The molecule has 0 aromatic heterocycles. The van der Waals surface area contributed by atoms with Crippen LogP contribution in [0.4, 0.5) is 10.1 Å². The van der Waals surface area contributed by atoms with Crippen molar-refractivity contribution in [1.29, 1.82) is 0 Å². The van der Waals surface area contributed by atoms with E-state index in [-0.39, 0.29) is 11.2 Å². The van der Waals surface area contributed by atoms with Crippen LogP contribution in [-0.2, 0) is 5.41 Å². The van der Waals surface area contributed by atoms with Crippen LogP contribution < -0.4 is 5.32 Å². The van der Waals surface area contributed by atoms with Crippen molar-refractivity contribution in [1.82, 2.24) is 0 Å². The summed E-state index contributed by atoms with van der Waals surface area (Å²) in [7, 11) is 0. The summed E-state index contributed by atoms with van der Waals surface area (Å²) in [4.78, 5) is 0. The summed E-state index contributed by atoms with van der Waals surface area (Å²) in [6.07, 6.45) is 0. The summed E-state index contributed by atoms with van der Waals surface area (Å²) in [5, 5.41) is 3.12. The number of nitrogens with one attached hydrogen (secondary N) is 1. The second kappa shape index (κ2) is 2.47. The first-order valence-electron chi connectivity index (χ1n) is 4.56. The maximum Gasteiger partial charge on any atom is 0.146 e. The first kappa shape index (κ1) is 8.54. The number of anilines is 1. The molecular weight excluding hydrogens is 165 g/mol. The van der Waals surface area contributed by atoms with Crippen LogP contribution in [0, 0.1) is 12.7 Å². The molecule has 1 N–H and O–H groups in total. The van der Waals surface area contributed by atoms with E-state index in [4.69, 9.17) is 0 Å². The van der Waals surface area contributed by atoms with Gasteiger partial charge in [-0.25, -0.2) is 4.39 Å². The van der Waals surface area contributed by atoms with Gasteiger partial charge in [0.1, 0.15) is 5.82 Å². The third-order valence-electron chi connectivity index (χ3n) is 2.75. The molecule has 0 atom stereocenters. The SMILES string of the molecule is Cc1ccc(F)c2c1C(C)(C)CN2. The molecule has 0 saturated carbocycles. The van der Waals surface area contributed by atoms with Gasteiger partial charge in [-0.2, -0.15) is 0 Å². The molecule has 0 bridgehead atoms. The highest BCUT2D eigenvalue weighted by atomic mass is 19.1. The van der Waals surface area contributed by atoms with Gasteiger partial charge in [0.25, 0.3) is 0 Å². The molecule has 13 heavy (non-hydrogen) atoms. The van der Waals surface area contributed by atoms with Crippen LogP contribution in [0.25, 0.3) is 0 Å². The van der Waals surface area contributed by atoms with Crippen molar-refractivity contribution in [3.63, 3.8) is 0 Å². The Labute approximate surface area is 78.0 Å². The standard InChI is InChI=1S/C11H14FN/c1-7-4-5-8(12)10-9(7)11(2,3)6-13-10/h4-5,13H,6H2,1-3H3. The summed E-state index contributed by atoms with van der Waals surface area (Å²) in [5.74, 6) is -0.133. The number of rotatable bonds is 0. The maximum absolute atomic E-state index is 13.4. The van der Waals surface area contributed by atoms with Crippen LogP contribution in [-0.4, -0.2) is 6.54 Å². The fraction of sp³-hybridized carbons (Fsp3) is 0.455. The van der Waals surface area contributed by atoms with E-state index in [1.807, 2.05) is 13.0 Å². The van der Waals surface area contributed by atoms with Crippen LogP contribution in [0.5, 0.6) is 0 Å². The molecule has 1 nitrogen and oxygen atoms in total. The molecule has 0 aliphatic carbocycles. The third-order valence-corrected chi connectivity index (χ3v) is 2.75. The number of benzene rings is 1. The van der Waals surface area contributed by atoms with Crippen molar-refractivity contribution < 1.29 is 4.39 Å². The van der Waals surface area contributed by atoms with Crippen LogP contribution in [0.3, 0.4) is 0 Å². The molecule has 0 radical (unpaired) electrons. The normalized spacial score (nSPS) is 18.2. The van der Waals surface area contributed by atoms with E-state index < -0.39 is 0 Å². The van der Waals surface area contributed by atoms with Gasteiger partial charge in [0, 0.05) is 12.0 Å². The monoisotopic (exact) mass is 179 g/mol. The Morgan fingerprint density at radius 3 is 2.69 bits per heavy atom. The van der Waals surface area contributed by atoms with E-state index in [0.717, 1.165) is 12.1 Å². The second-order valence-corrected chi connectivity index (χ2v) is 4.35. The number of hydrogen-bond acceptors (Lipinski definition) is 1. The Balaban J connectivity index is 2.70. The zero-order valence-corrected chi connectivity index (χ0v) is 8.24. The zero-order chi connectivity index (χ0) is 9.64. The van der Waals surface area contributed by atoms with Crippen LogP contribution in [0.2, 0.25) is 0 Å². The van der Waals surface area contributed by atoms with Crippen LogP contribution in [0.1, 0.15) is 25.0 Å². The van der Waals surface area contributed by atoms with E-state index in [2.05, 4.69) is 19.2 Å². The topological polar surface area (TPSA) is 12.0 Å². The fourth-order valence-electron chi connectivity index (χ4n) is 2.12. The van der Waals surface area contributed by atoms with Gasteiger partial charge in [-0.15, -0.1) is 0 Å². The molecule has 70 valence electrons. The molecule has 1 heterocycles. The molecule has 0 fully saturated rings. The van der Waals surface area contributed by atoms with Crippen molar-refractivity contribution in [2.75, 3.05) is 11.9 Å². The summed E-state index contributed by atoms with van der Waals surface area (Å²) in [5.41, 5.74) is 3.06. The van der Waals surface area contributed by atoms with Gasteiger partial charge in [0.05, 0.1) is 5.69 Å². The Kier molecular flexibility index (Phi) is 1.62. The molecule has 2 rings (SSSR count). The summed E-state index contributed by atoms with van der Waals surface area (Å²) in [6.45, 7) is 7.13. The van der Waals surface area contributed by atoms with Crippen molar-refractivity contribution in [3.8, 4) is 0 Å². The van der Waals surface area contributed by atoms with Gasteiger partial charge in [-0.05, 0) is 24.1 Å². The molecule has 1 aromatic rings. The van der Waals surface area contributed by atoms with Gasteiger partial charge in [0.2, 0.25) is 0 Å². The predicted octanol–water partition coefficient (Wildman–Crippen LogP) is 2.84. The number of halogens is 1. The molecule has 0 saturated heterocycles. The summed E-state index contributed by atoms with van der Waals surface area (Å²) in [6, 6.07) is 3.38. The quantitative estimate of drug-likeness (QED) is 0.645. The number of hydrogen-bond donors (Lipinski definition) is 1. The molecular formula is C11H14FN. The van der Waals surface area contributed by atoms with Gasteiger partial charge < -0.3 is 5.32 Å². The van der Waals surface area contributed by atoms with Crippen LogP contribution in [0.15, 0.2) is 12.1 Å². The molecule has 0 amide bonds. The first-order valence-corrected chi connectivity index (χ1v) is 4.56. The zero-order valence-electron chi connectivity index (χ0n) is 8.24. The van der Waals surface area contributed by atoms with Crippen LogP contribution >= 0.6 is 0 Å². The van der Waals surface area contributed by atoms with E-state index in [1.165, 1.54) is 11.6 Å². The Morgan fingerprint density at radius 1 is 1.38 bits per heavy atom. The lowest BCUT2D eigenvalue weighted by Gasteiger charge is -2.19. The minimum atomic E-state index is -0.133. The van der Waals surface area contributed by atoms with Gasteiger partial charge >= 0.3 is 0 Å². The molecule has 1 aliphatic heterocycles. The largest absolute Gasteiger partial charge is 0.382 e. The average molecular weight is 179 g/mol. The minimum absolute atomic E-state index is 0.0571. The smallest absolute Gasteiger partial charge is 0.146 e. The van der Waals surface area contributed by atoms with E-state index in [9.17, 15) is 4.39 Å². The highest BCUT2D eigenvalue weighted by Gasteiger charge is 2.32. The lowest BCUT2D eigenvalue weighted by atomic mass is 9.84. The molecule has 2 heteroatoms. The molecule has 0 spiro atoms. The second-order valence-electron chi connectivity index (χ2n) is 4.35. The van der Waals surface area contributed by atoms with Gasteiger partial charge in [-0.1, -0.05) is 19.9 Å². The third kappa shape index (κ3) is 1.12. The number of fused-ring (bicyclic) bond motifs is 1. The van der Waals surface area contributed by atoms with E-state index in [0.29, 0.717) is 5.69 Å². The van der Waals surface area contributed by atoms with Crippen molar-refractivity contribution in [3.05, 3.63) is 29.1 Å². The predicted molar refractivity (Wildman–Crippen MR) is 52.7 cm³/mol. The molecule has 1 aromatic carbocycles. The number of aryl methyl sites for hydroxylation is 1. The summed E-state index contributed by atoms with van der Waals surface area (Å²) >= 11 is 0. The highest BCUT2D eigenvalue weighted by Crippen LogP contribution is 2.39. The molecule has 0 unspecified atom stereocenters. The van der Waals surface area contributed by atoms with Gasteiger partial charge in [0.15, 0.2) is 0 Å². The fourth-order valence-corrected chi connectivity index (χ4v) is 2.12. The first-order chi connectivity index (χ1) is 6.02. The minimum Gasteiger partial charge on any atom is -0.382 e. The van der Waals surface area contributed by atoms with E-state index in [1.54, 1.807) is 0 Å². The summed E-state index contributed by atoms with van der Waals surface area (Å²) < 4.78 is 13.4. The Hall–Kier alpha value is -1.05. The Bertz CT molecular complexity index is 355.